The highest BCUT2D eigenvalue weighted by Gasteiger charge is 2.11. The van der Waals surface area contributed by atoms with Crippen molar-refractivity contribution in [3.63, 3.8) is 0 Å². The lowest BCUT2D eigenvalue weighted by molar-refractivity contribution is 0.701. The second-order valence-electron chi connectivity index (χ2n) is 3.15. The first-order valence-electron chi connectivity index (χ1n) is 4.36. The third-order valence-electron chi connectivity index (χ3n) is 2.18. The number of nitrogens with zero attached hydrogens (tertiary/aromatic N) is 3. The Morgan fingerprint density at radius 1 is 1.71 bits per heavy atom. The van der Waals surface area contributed by atoms with Crippen molar-refractivity contribution in [2.24, 2.45) is 0 Å². The quantitative estimate of drug-likeness (QED) is 0.832. The fraction of sp³-hybridized carbons (Fsp3) is 0.400. The number of aromatic nitrogens is 1. The molecular formula is C10H12BrN3. The van der Waals surface area contributed by atoms with Gasteiger partial charge in [-0.2, -0.15) is 5.26 Å². The minimum Gasteiger partial charge on any atom is -0.370 e. The molecule has 0 amide bonds. The lowest BCUT2D eigenvalue weighted by atomic mass is 10.2. The fourth-order valence-corrected chi connectivity index (χ4v) is 1.69. The zero-order valence-corrected chi connectivity index (χ0v) is 9.82. The van der Waals surface area contributed by atoms with E-state index >= 15 is 0 Å². The zero-order valence-electron chi connectivity index (χ0n) is 8.24. The molecule has 0 aromatic carbocycles. The number of hydrogen-bond acceptors (Lipinski definition) is 3. The molecule has 1 rings (SSSR count). The summed E-state index contributed by atoms with van der Waals surface area (Å²) >= 11 is 3.43. The van der Waals surface area contributed by atoms with Crippen LogP contribution in [0.15, 0.2) is 22.9 Å². The summed E-state index contributed by atoms with van der Waals surface area (Å²) in [4.78, 5) is 6.06. The van der Waals surface area contributed by atoms with Gasteiger partial charge in [0, 0.05) is 25.5 Å². The van der Waals surface area contributed by atoms with Crippen molar-refractivity contribution in [1.29, 1.82) is 5.26 Å². The lowest BCUT2D eigenvalue weighted by Gasteiger charge is -2.25. The SMILES string of the molecule is CC(CC#N)N(C)c1ccncc1Br. The Labute approximate surface area is 92.5 Å². The highest BCUT2D eigenvalue weighted by molar-refractivity contribution is 9.10. The molecule has 4 heteroatoms. The predicted molar refractivity (Wildman–Crippen MR) is 60.0 cm³/mol. The molecule has 1 unspecified atom stereocenters. The number of anilines is 1. The van der Waals surface area contributed by atoms with E-state index in [1.54, 1.807) is 12.4 Å². The van der Waals surface area contributed by atoms with E-state index in [1.165, 1.54) is 0 Å². The van der Waals surface area contributed by atoms with Gasteiger partial charge in [0.25, 0.3) is 0 Å². The molecule has 1 atom stereocenters. The zero-order chi connectivity index (χ0) is 10.6. The van der Waals surface area contributed by atoms with Gasteiger partial charge < -0.3 is 4.90 Å². The van der Waals surface area contributed by atoms with Gasteiger partial charge in [0.1, 0.15) is 0 Å². The summed E-state index contributed by atoms with van der Waals surface area (Å²) in [6, 6.07) is 4.30. The molecule has 0 aliphatic carbocycles. The third-order valence-corrected chi connectivity index (χ3v) is 2.79. The summed E-state index contributed by atoms with van der Waals surface area (Å²) in [6.45, 7) is 2.02. The first kappa shape index (κ1) is 11.0. The Morgan fingerprint density at radius 3 is 3.00 bits per heavy atom. The van der Waals surface area contributed by atoms with Crippen molar-refractivity contribution < 1.29 is 0 Å². The Balaban J connectivity index is 2.84. The largest absolute Gasteiger partial charge is 0.370 e. The van der Waals surface area contributed by atoms with E-state index in [1.807, 2.05) is 20.0 Å². The van der Waals surface area contributed by atoms with Gasteiger partial charge in [-0.05, 0) is 28.9 Å². The van der Waals surface area contributed by atoms with Gasteiger partial charge in [0.15, 0.2) is 0 Å². The highest BCUT2D eigenvalue weighted by atomic mass is 79.9. The number of pyridine rings is 1. The van der Waals surface area contributed by atoms with Crippen LogP contribution >= 0.6 is 15.9 Å². The molecule has 0 saturated carbocycles. The van der Waals surface area contributed by atoms with Crippen molar-refractivity contribution in [1.82, 2.24) is 4.98 Å². The number of nitriles is 1. The summed E-state index contributed by atoms with van der Waals surface area (Å²) < 4.78 is 0.951. The molecule has 1 aromatic rings. The normalized spacial score (nSPS) is 11.9. The van der Waals surface area contributed by atoms with Crippen molar-refractivity contribution in [3.8, 4) is 6.07 Å². The standard InChI is InChI=1S/C10H12BrN3/c1-8(3-5-12)14(2)10-4-6-13-7-9(10)11/h4,6-8H,3H2,1-2H3. The summed E-state index contributed by atoms with van der Waals surface area (Å²) in [5.41, 5.74) is 1.06. The molecule has 14 heavy (non-hydrogen) atoms. The van der Waals surface area contributed by atoms with Gasteiger partial charge in [-0.25, -0.2) is 0 Å². The maximum Gasteiger partial charge on any atom is 0.0643 e. The van der Waals surface area contributed by atoms with Crippen LogP contribution in [0.5, 0.6) is 0 Å². The van der Waals surface area contributed by atoms with E-state index in [4.69, 9.17) is 5.26 Å². The van der Waals surface area contributed by atoms with E-state index in [2.05, 4.69) is 31.9 Å². The van der Waals surface area contributed by atoms with Gasteiger partial charge >= 0.3 is 0 Å². The highest BCUT2D eigenvalue weighted by Crippen LogP contribution is 2.25. The third kappa shape index (κ3) is 2.46. The Bertz CT molecular complexity index is 345. The molecule has 3 nitrogen and oxygen atoms in total. The second-order valence-corrected chi connectivity index (χ2v) is 4.00. The minimum atomic E-state index is 0.207. The number of rotatable bonds is 3. The monoisotopic (exact) mass is 253 g/mol. The van der Waals surface area contributed by atoms with E-state index in [0.29, 0.717) is 6.42 Å². The average Bonchev–Trinajstić information content (AvgIpc) is 2.18. The minimum absolute atomic E-state index is 0.207. The topological polar surface area (TPSA) is 39.9 Å². The summed E-state index contributed by atoms with van der Waals surface area (Å²) in [5.74, 6) is 0. The van der Waals surface area contributed by atoms with Crippen LogP contribution in [-0.2, 0) is 0 Å². The lowest BCUT2D eigenvalue weighted by Crippen LogP contribution is -2.28. The average molecular weight is 254 g/mol. The molecule has 1 aromatic heterocycles. The van der Waals surface area contributed by atoms with Gasteiger partial charge in [-0.3, -0.25) is 4.98 Å². The molecule has 0 saturated heterocycles. The first-order valence-corrected chi connectivity index (χ1v) is 5.15. The van der Waals surface area contributed by atoms with Crippen LogP contribution in [0.3, 0.4) is 0 Å². The molecule has 0 bridgehead atoms. The summed E-state index contributed by atoms with van der Waals surface area (Å²) in [5, 5.41) is 8.60. The van der Waals surface area contributed by atoms with Crippen LogP contribution in [0.1, 0.15) is 13.3 Å². The number of hydrogen-bond donors (Lipinski definition) is 0. The first-order chi connectivity index (χ1) is 6.66. The van der Waals surface area contributed by atoms with Gasteiger partial charge in [0.05, 0.1) is 22.7 Å². The second kappa shape index (κ2) is 4.97. The maximum absolute atomic E-state index is 8.60. The van der Waals surface area contributed by atoms with Crippen LogP contribution in [0, 0.1) is 11.3 Å². The Morgan fingerprint density at radius 2 is 2.43 bits per heavy atom. The van der Waals surface area contributed by atoms with Crippen molar-refractivity contribution in [3.05, 3.63) is 22.9 Å². The molecule has 0 fully saturated rings. The molecule has 0 radical (unpaired) electrons. The van der Waals surface area contributed by atoms with Crippen molar-refractivity contribution in [2.75, 3.05) is 11.9 Å². The molecule has 0 aliphatic heterocycles. The molecule has 1 heterocycles. The molecule has 0 spiro atoms. The van der Waals surface area contributed by atoms with E-state index in [9.17, 15) is 0 Å². The van der Waals surface area contributed by atoms with Crippen LogP contribution < -0.4 is 4.90 Å². The van der Waals surface area contributed by atoms with E-state index in [-0.39, 0.29) is 6.04 Å². The van der Waals surface area contributed by atoms with Crippen LogP contribution in [0.4, 0.5) is 5.69 Å². The van der Waals surface area contributed by atoms with E-state index < -0.39 is 0 Å². The summed E-state index contributed by atoms with van der Waals surface area (Å²) in [6.07, 6.45) is 4.02. The maximum atomic E-state index is 8.60. The number of halogens is 1. The van der Waals surface area contributed by atoms with Gasteiger partial charge in [-0.15, -0.1) is 0 Å². The van der Waals surface area contributed by atoms with Crippen LogP contribution in [-0.4, -0.2) is 18.1 Å². The Kier molecular flexibility index (Phi) is 3.90. The van der Waals surface area contributed by atoms with Gasteiger partial charge in [-0.1, -0.05) is 0 Å². The van der Waals surface area contributed by atoms with E-state index in [0.717, 1.165) is 10.2 Å². The Hall–Kier alpha value is -1.08. The predicted octanol–water partition coefficient (Wildman–Crippen LogP) is 2.58. The van der Waals surface area contributed by atoms with Gasteiger partial charge in [0.2, 0.25) is 0 Å². The van der Waals surface area contributed by atoms with Crippen molar-refractivity contribution >= 4 is 21.6 Å². The molecule has 0 aliphatic rings. The molecule has 74 valence electrons. The molecule has 0 N–H and O–H groups in total. The smallest absolute Gasteiger partial charge is 0.0643 e. The summed E-state index contributed by atoms with van der Waals surface area (Å²) in [7, 11) is 1.97. The fourth-order valence-electron chi connectivity index (χ4n) is 1.16. The van der Waals surface area contributed by atoms with Crippen molar-refractivity contribution in [2.45, 2.75) is 19.4 Å². The van der Waals surface area contributed by atoms with Crippen LogP contribution in [0.2, 0.25) is 0 Å². The van der Waals surface area contributed by atoms with Crippen LogP contribution in [0.25, 0.3) is 0 Å². The molecular weight excluding hydrogens is 242 g/mol.